The van der Waals surface area contributed by atoms with Crippen LogP contribution in [0.4, 0.5) is 0 Å². The topological polar surface area (TPSA) is 42.7 Å². The first-order chi connectivity index (χ1) is 8.75. The molecule has 1 aromatic heterocycles. The summed E-state index contributed by atoms with van der Waals surface area (Å²) in [5, 5.41) is 7.53. The van der Waals surface area contributed by atoms with Crippen molar-refractivity contribution in [3.63, 3.8) is 0 Å². The Labute approximate surface area is 108 Å². The van der Waals surface area contributed by atoms with E-state index < -0.39 is 0 Å². The van der Waals surface area contributed by atoms with Gasteiger partial charge >= 0.3 is 0 Å². The van der Waals surface area contributed by atoms with Crippen molar-refractivity contribution in [3.8, 4) is 0 Å². The van der Waals surface area contributed by atoms with Crippen molar-refractivity contribution in [2.45, 2.75) is 32.4 Å². The molecule has 0 aliphatic rings. The van der Waals surface area contributed by atoms with Gasteiger partial charge in [-0.1, -0.05) is 30.3 Å². The van der Waals surface area contributed by atoms with Crippen LogP contribution in [0.15, 0.2) is 36.7 Å². The Morgan fingerprint density at radius 3 is 2.72 bits per heavy atom. The fourth-order valence-electron chi connectivity index (χ4n) is 1.88. The first kappa shape index (κ1) is 12.8. The maximum Gasteiger partial charge on any atom is 0.140 e. The number of nitrogens with one attached hydrogen (secondary N) is 1. The molecule has 4 nitrogen and oxygen atoms in total. The van der Waals surface area contributed by atoms with Crippen LogP contribution >= 0.6 is 0 Å². The van der Waals surface area contributed by atoms with Crippen molar-refractivity contribution in [2.75, 3.05) is 0 Å². The predicted molar refractivity (Wildman–Crippen MR) is 72.1 cm³/mol. The number of rotatable bonds is 6. The molecule has 1 N–H and O–H groups in total. The quantitative estimate of drug-likeness (QED) is 0.844. The Bertz CT molecular complexity index is 464. The van der Waals surface area contributed by atoms with Crippen molar-refractivity contribution >= 4 is 0 Å². The molecule has 0 saturated heterocycles. The highest BCUT2D eigenvalue weighted by Crippen LogP contribution is 2.05. The van der Waals surface area contributed by atoms with Gasteiger partial charge in [0.05, 0.1) is 6.54 Å². The van der Waals surface area contributed by atoms with E-state index in [0.29, 0.717) is 6.04 Å². The summed E-state index contributed by atoms with van der Waals surface area (Å²) in [4.78, 5) is 4.20. The molecule has 1 atom stereocenters. The molecule has 4 heteroatoms. The Morgan fingerprint density at radius 2 is 2.06 bits per heavy atom. The SMILES string of the molecule is CC(CCc1ccccc1)NCc1ncnn1C. The molecule has 0 aliphatic heterocycles. The molecule has 96 valence electrons. The summed E-state index contributed by atoms with van der Waals surface area (Å²) in [6.45, 7) is 2.98. The fraction of sp³-hybridized carbons (Fsp3) is 0.429. The standard InChI is InChI=1S/C14H20N4/c1-12(8-9-13-6-4-3-5-7-13)15-10-14-16-11-17-18(14)2/h3-7,11-12,15H,8-10H2,1-2H3. The molecule has 0 spiro atoms. The highest BCUT2D eigenvalue weighted by atomic mass is 15.3. The van der Waals surface area contributed by atoms with Gasteiger partial charge in [0.25, 0.3) is 0 Å². The minimum absolute atomic E-state index is 0.474. The molecule has 0 bridgehead atoms. The third-order valence-corrected chi connectivity index (χ3v) is 3.12. The number of benzene rings is 1. The van der Waals surface area contributed by atoms with Crippen LogP contribution in [0.25, 0.3) is 0 Å². The zero-order valence-electron chi connectivity index (χ0n) is 11.0. The molecule has 1 unspecified atom stereocenters. The zero-order chi connectivity index (χ0) is 12.8. The second-order valence-corrected chi connectivity index (χ2v) is 4.61. The van der Waals surface area contributed by atoms with Crippen LogP contribution in [0, 0.1) is 0 Å². The van der Waals surface area contributed by atoms with Gasteiger partial charge in [-0.3, -0.25) is 4.68 Å². The molecular weight excluding hydrogens is 224 g/mol. The summed E-state index contributed by atoms with van der Waals surface area (Å²) < 4.78 is 1.80. The Hall–Kier alpha value is -1.68. The van der Waals surface area contributed by atoms with Crippen LogP contribution in [0.3, 0.4) is 0 Å². The minimum Gasteiger partial charge on any atom is -0.307 e. The monoisotopic (exact) mass is 244 g/mol. The molecule has 0 saturated carbocycles. The lowest BCUT2D eigenvalue weighted by atomic mass is 10.1. The van der Waals surface area contributed by atoms with E-state index in [9.17, 15) is 0 Å². The van der Waals surface area contributed by atoms with Gasteiger partial charge < -0.3 is 5.32 Å². The Balaban J connectivity index is 1.73. The molecule has 0 amide bonds. The first-order valence-electron chi connectivity index (χ1n) is 6.36. The Kier molecular flexibility index (Phi) is 4.47. The molecule has 1 aromatic carbocycles. The minimum atomic E-state index is 0.474. The average Bonchev–Trinajstić information content (AvgIpc) is 2.81. The third-order valence-electron chi connectivity index (χ3n) is 3.12. The fourth-order valence-corrected chi connectivity index (χ4v) is 1.88. The predicted octanol–water partition coefficient (Wildman–Crippen LogP) is 1.93. The lowest BCUT2D eigenvalue weighted by Crippen LogP contribution is -2.27. The van der Waals surface area contributed by atoms with Gasteiger partial charge in [-0.2, -0.15) is 5.10 Å². The van der Waals surface area contributed by atoms with Gasteiger partial charge in [-0.25, -0.2) is 4.98 Å². The van der Waals surface area contributed by atoms with Crippen molar-refractivity contribution < 1.29 is 0 Å². The molecule has 0 radical (unpaired) electrons. The van der Waals surface area contributed by atoms with Crippen LogP contribution in [0.2, 0.25) is 0 Å². The highest BCUT2D eigenvalue weighted by molar-refractivity contribution is 5.14. The van der Waals surface area contributed by atoms with Gasteiger partial charge in [0.2, 0.25) is 0 Å². The third kappa shape index (κ3) is 3.67. The van der Waals surface area contributed by atoms with E-state index in [1.54, 1.807) is 11.0 Å². The van der Waals surface area contributed by atoms with Gasteiger partial charge in [0.15, 0.2) is 0 Å². The molecule has 18 heavy (non-hydrogen) atoms. The van der Waals surface area contributed by atoms with Gasteiger partial charge in [0, 0.05) is 13.1 Å². The summed E-state index contributed by atoms with van der Waals surface area (Å²) >= 11 is 0. The first-order valence-corrected chi connectivity index (χ1v) is 6.36. The highest BCUT2D eigenvalue weighted by Gasteiger charge is 2.05. The largest absolute Gasteiger partial charge is 0.307 e. The average molecular weight is 244 g/mol. The normalized spacial score (nSPS) is 12.6. The van der Waals surface area contributed by atoms with E-state index in [1.807, 2.05) is 7.05 Å². The summed E-state index contributed by atoms with van der Waals surface area (Å²) in [5.74, 6) is 0.974. The second-order valence-electron chi connectivity index (χ2n) is 4.61. The van der Waals surface area contributed by atoms with E-state index in [0.717, 1.165) is 25.2 Å². The summed E-state index contributed by atoms with van der Waals surface area (Å²) in [6, 6.07) is 11.1. The van der Waals surface area contributed by atoms with E-state index in [1.165, 1.54) is 5.56 Å². The zero-order valence-corrected chi connectivity index (χ0v) is 11.0. The van der Waals surface area contributed by atoms with Crippen LogP contribution in [-0.4, -0.2) is 20.8 Å². The smallest absolute Gasteiger partial charge is 0.140 e. The molecular formula is C14H20N4. The summed E-state index contributed by atoms with van der Waals surface area (Å²) in [6.07, 6.45) is 3.82. The van der Waals surface area contributed by atoms with Crippen LogP contribution < -0.4 is 5.32 Å². The van der Waals surface area contributed by atoms with Crippen molar-refractivity contribution in [3.05, 3.63) is 48.0 Å². The maximum absolute atomic E-state index is 4.20. The van der Waals surface area contributed by atoms with Crippen LogP contribution in [-0.2, 0) is 20.0 Å². The molecule has 2 rings (SSSR count). The van der Waals surface area contributed by atoms with Gasteiger partial charge in [-0.15, -0.1) is 0 Å². The molecule has 0 aliphatic carbocycles. The molecule has 0 fully saturated rings. The summed E-state index contributed by atoms with van der Waals surface area (Å²) in [5.41, 5.74) is 1.39. The number of nitrogens with zero attached hydrogens (tertiary/aromatic N) is 3. The summed E-state index contributed by atoms with van der Waals surface area (Å²) in [7, 11) is 1.92. The lowest BCUT2D eigenvalue weighted by molar-refractivity contribution is 0.494. The van der Waals surface area contributed by atoms with E-state index in [-0.39, 0.29) is 0 Å². The van der Waals surface area contributed by atoms with E-state index in [2.05, 4.69) is 52.7 Å². The second kappa shape index (κ2) is 6.31. The van der Waals surface area contributed by atoms with E-state index >= 15 is 0 Å². The molecule has 1 heterocycles. The molecule has 2 aromatic rings. The van der Waals surface area contributed by atoms with Crippen LogP contribution in [0.5, 0.6) is 0 Å². The number of hydrogen-bond donors (Lipinski definition) is 1. The van der Waals surface area contributed by atoms with Crippen LogP contribution in [0.1, 0.15) is 24.7 Å². The van der Waals surface area contributed by atoms with Crippen molar-refractivity contribution in [2.24, 2.45) is 7.05 Å². The maximum atomic E-state index is 4.20. The lowest BCUT2D eigenvalue weighted by Gasteiger charge is -2.13. The number of aromatic nitrogens is 3. The Morgan fingerprint density at radius 1 is 1.28 bits per heavy atom. The van der Waals surface area contributed by atoms with Gasteiger partial charge in [0.1, 0.15) is 12.2 Å². The van der Waals surface area contributed by atoms with Crippen molar-refractivity contribution in [1.82, 2.24) is 20.1 Å². The number of aryl methyl sites for hydroxylation is 2. The van der Waals surface area contributed by atoms with Crippen molar-refractivity contribution in [1.29, 1.82) is 0 Å². The number of hydrogen-bond acceptors (Lipinski definition) is 3. The van der Waals surface area contributed by atoms with Gasteiger partial charge in [-0.05, 0) is 25.3 Å². The van der Waals surface area contributed by atoms with E-state index in [4.69, 9.17) is 0 Å².